The molecule has 4 nitrogen and oxygen atoms in total. The largest absolute Gasteiger partial charge is 0.346 e. The highest BCUT2D eigenvalue weighted by molar-refractivity contribution is 6.31. The van der Waals surface area contributed by atoms with Crippen LogP contribution in [-0.2, 0) is 6.54 Å². The standard InChI is InChI=1S/C17H14ClN3O/c1-11-15(9-12-8-13(18)5-6-16(12)21-11)17(22)20-10-14-4-2-3-7-19-14/h2-9H,10H2,1H3,(H,20,22). The zero-order chi connectivity index (χ0) is 15.5. The number of rotatable bonds is 3. The van der Waals surface area contributed by atoms with Crippen LogP contribution in [-0.4, -0.2) is 15.9 Å². The Morgan fingerprint density at radius 3 is 2.86 bits per heavy atom. The number of fused-ring (bicyclic) bond motifs is 1. The van der Waals surface area contributed by atoms with E-state index < -0.39 is 0 Å². The number of pyridine rings is 2. The molecule has 3 aromatic rings. The van der Waals surface area contributed by atoms with Crippen molar-refractivity contribution in [2.75, 3.05) is 0 Å². The van der Waals surface area contributed by atoms with E-state index in [1.54, 1.807) is 18.3 Å². The molecule has 0 atom stereocenters. The molecule has 0 aliphatic rings. The molecule has 0 saturated heterocycles. The number of halogens is 1. The second-order valence-corrected chi connectivity index (χ2v) is 5.40. The highest BCUT2D eigenvalue weighted by atomic mass is 35.5. The smallest absolute Gasteiger partial charge is 0.253 e. The average molecular weight is 312 g/mol. The molecule has 110 valence electrons. The number of benzene rings is 1. The van der Waals surface area contributed by atoms with E-state index in [1.165, 1.54) is 0 Å². The van der Waals surface area contributed by atoms with E-state index in [1.807, 2.05) is 37.3 Å². The van der Waals surface area contributed by atoms with Crippen molar-refractivity contribution in [3.8, 4) is 0 Å². The first-order valence-electron chi connectivity index (χ1n) is 6.88. The molecule has 0 bridgehead atoms. The van der Waals surface area contributed by atoms with Crippen molar-refractivity contribution in [1.82, 2.24) is 15.3 Å². The van der Waals surface area contributed by atoms with E-state index in [0.717, 1.165) is 16.6 Å². The summed E-state index contributed by atoms with van der Waals surface area (Å²) in [6, 6.07) is 12.9. The second kappa shape index (κ2) is 6.12. The average Bonchev–Trinajstić information content (AvgIpc) is 2.53. The summed E-state index contributed by atoms with van der Waals surface area (Å²) >= 11 is 5.99. The number of aromatic nitrogens is 2. The topological polar surface area (TPSA) is 54.9 Å². The molecule has 0 aliphatic heterocycles. The van der Waals surface area contributed by atoms with Gasteiger partial charge in [-0.15, -0.1) is 0 Å². The molecule has 1 aromatic carbocycles. The summed E-state index contributed by atoms with van der Waals surface area (Å²) in [4.78, 5) is 21.0. The van der Waals surface area contributed by atoms with Crippen LogP contribution in [0.25, 0.3) is 10.9 Å². The van der Waals surface area contributed by atoms with Crippen molar-refractivity contribution >= 4 is 28.4 Å². The van der Waals surface area contributed by atoms with Gasteiger partial charge in [0.1, 0.15) is 0 Å². The fourth-order valence-corrected chi connectivity index (χ4v) is 2.42. The van der Waals surface area contributed by atoms with Gasteiger partial charge in [-0.05, 0) is 43.3 Å². The van der Waals surface area contributed by atoms with E-state index in [-0.39, 0.29) is 5.91 Å². The van der Waals surface area contributed by atoms with Crippen molar-refractivity contribution in [3.05, 3.63) is 70.6 Å². The molecule has 0 radical (unpaired) electrons. The Balaban J connectivity index is 1.85. The maximum absolute atomic E-state index is 12.4. The zero-order valence-electron chi connectivity index (χ0n) is 12.0. The molecule has 2 heterocycles. The number of hydrogen-bond acceptors (Lipinski definition) is 3. The van der Waals surface area contributed by atoms with Crippen LogP contribution >= 0.6 is 11.6 Å². The molecule has 1 amide bonds. The van der Waals surface area contributed by atoms with Crippen LogP contribution in [0.3, 0.4) is 0 Å². The third-order valence-corrected chi connectivity index (χ3v) is 3.60. The molecule has 3 rings (SSSR count). The number of carbonyl (C=O) groups is 1. The minimum Gasteiger partial charge on any atom is -0.346 e. The van der Waals surface area contributed by atoms with Gasteiger partial charge in [0.15, 0.2) is 0 Å². The van der Waals surface area contributed by atoms with Crippen LogP contribution in [0.5, 0.6) is 0 Å². The van der Waals surface area contributed by atoms with Gasteiger partial charge in [0.2, 0.25) is 0 Å². The van der Waals surface area contributed by atoms with Crippen molar-refractivity contribution < 1.29 is 4.79 Å². The first-order chi connectivity index (χ1) is 10.6. The number of carbonyl (C=O) groups excluding carboxylic acids is 1. The van der Waals surface area contributed by atoms with E-state index in [2.05, 4.69) is 15.3 Å². The molecule has 2 aromatic heterocycles. The van der Waals surface area contributed by atoms with Gasteiger partial charge in [-0.25, -0.2) is 0 Å². The summed E-state index contributed by atoms with van der Waals surface area (Å²) in [6.45, 7) is 2.20. The van der Waals surface area contributed by atoms with E-state index in [9.17, 15) is 4.79 Å². The van der Waals surface area contributed by atoms with Gasteiger partial charge < -0.3 is 5.32 Å². The monoisotopic (exact) mass is 311 g/mol. The first kappa shape index (κ1) is 14.5. The van der Waals surface area contributed by atoms with E-state index in [4.69, 9.17) is 11.6 Å². The normalized spacial score (nSPS) is 10.6. The zero-order valence-corrected chi connectivity index (χ0v) is 12.8. The van der Waals surface area contributed by atoms with Crippen LogP contribution < -0.4 is 5.32 Å². The lowest BCUT2D eigenvalue weighted by Gasteiger charge is -2.09. The molecular weight excluding hydrogens is 298 g/mol. The maximum Gasteiger partial charge on any atom is 0.253 e. The quantitative estimate of drug-likeness (QED) is 0.805. The summed E-state index contributed by atoms with van der Waals surface area (Å²) in [7, 11) is 0. The number of aryl methyl sites for hydroxylation is 1. The Morgan fingerprint density at radius 1 is 1.23 bits per heavy atom. The lowest BCUT2D eigenvalue weighted by Crippen LogP contribution is -2.24. The molecule has 22 heavy (non-hydrogen) atoms. The maximum atomic E-state index is 12.4. The third kappa shape index (κ3) is 3.07. The fourth-order valence-electron chi connectivity index (χ4n) is 2.24. The lowest BCUT2D eigenvalue weighted by atomic mass is 10.1. The molecule has 5 heteroatoms. The molecule has 0 spiro atoms. The first-order valence-corrected chi connectivity index (χ1v) is 7.26. The summed E-state index contributed by atoms with van der Waals surface area (Å²) < 4.78 is 0. The van der Waals surface area contributed by atoms with Crippen LogP contribution in [0, 0.1) is 6.92 Å². The molecule has 1 N–H and O–H groups in total. The highest BCUT2D eigenvalue weighted by Gasteiger charge is 2.11. The SMILES string of the molecule is Cc1nc2ccc(Cl)cc2cc1C(=O)NCc1ccccn1. The summed E-state index contributed by atoms with van der Waals surface area (Å²) in [6.07, 6.45) is 1.70. The Morgan fingerprint density at radius 2 is 2.09 bits per heavy atom. The third-order valence-electron chi connectivity index (χ3n) is 3.37. The molecule has 0 saturated carbocycles. The van der Waals surface area contributed by atoms with Gasteiger partial charge in [-0.1, -0.05) is 17.7 Å². The molecule has 0 fully saturated rings. The Bertz CT molecular complexity index is 834. The van der Waals surface area contributed by atoms with Crippen molar-refractivity contribution in [2.45, 2.75) is 13.5 Å². The molecule has 0 aliphatic carbocycles. The van der Waals surface area contributed by atoms with Crippen LogP contribution in [0.4, 0.5) is 0 Å². The summed E-state index contributed by atoms with van der Waals surface area (Å²) in [5, 5.41) is 4.33. The second-order valence-electron chi connectivity index (χ2n) is 4.96. The summed E-state index contributed by atoms with van der Waals surface area (Å²) in [5.41, 5.74) is 2.87. The number of nitrogens with zero attached hydrogens (tertiary/aromatic N) is 2. The van der Waals surface area contributed by atoms with Gasteiger partial charge >= 0.3 is 0 Å². The van der Waals surface area contributed by atoms with Gasteiger partial charge in [0, 0.05) is 16.6 Å². The van der Waals surface area contributed by atoms with Gasteiger partial charge in [-0.3, -0.25) is 14.8 Å². The van der Waals surface area contributed by atoms with Crippen LogP contribution in [0.1, 0.15) is 21.7 Å². The summed E-state index contributed by atoms with van der Waals surface area (Å²) in [5.74, 6) is -0.169. The highest BCUT2D eigenvalue weighted by Crippen LogP contribution is 2.20. The number of amides is 1. The van der Waals surface area contributed by atoms with Crippen molar-refractivity contribution in [2.24, 2.45) is 0 Å². The van der Waals surface area contributed by atoms with Gasteiger partial charge in [-0.2, -0.15) is 0 Å². The lowest BCUT2D eigenvalue weighted by molar-refractivity contribution is 0.0949. The Hall–Kier alpha value is -2.46. The van der Waals surface area contributed by atoms with E-state index in [0.29, 0.717) is 22.8 Å². The van der Waals surface area contributed by atoms with Gasteiger partial charge in [0.05, 0.1) is 29.0 Å². The van der Waals surface area contributed by atoms with Crippen LogP contribution in [0.15, 0.2) is 48.7 Å². The number of hydrogen-bond donors (Lipinski definition) is 1. The minimum absolute atomic E-state index is 0.169. The van der Waals surface area contributed by atoms with Crippen molar-refractivity contribution in [3.63, 3.8) is 0 Å². The van der Waals surface area contributed by atoms with Crippen molar-refractivity contribution in [1.29, 1.82) is 0 Å². The Kier molecular flexibility index (Phi) is 4.02. The van der Waals surface area contributed by atoms with E-state index >= 15 is 0 Å². The Labute approximate surface area is 133 Å². The minimum atomic E-state index is -0.169. The number of nitrogens with one attached hydrogen (secondary N) is 1. The molecule has 0 unspecified atom stereocenters. The fraction of sp³-hybridized carbons (Fsp3) is 0.118. The predicted molar refractivity (Wildman–Crippen MR) is 86.9 cm³/mol. The van der Waals surface area contributed by atoms with Crippen LogP contribution in [0.2, 0.25) is 5.02 Å². The molecular formula is C17H14ClN3O. The van der Waals surface area contributed by atoms with Gasteiger partial charge in [0.25, 0.3) is 5.91 Å². The predicted octanol–water partition coefficient (Wildman–Crippen LogP) is 3.52.